The fraction of sp³-hybridized carbons (Fsp3) is 0.500. The van der Waals surface area contributed by atoms with Crippen molar-refractivity contribution in [3.8, 4) is 0 Å². The molecule has 31 heavy (non-hydrogen) atoms. The molecule has 0 bridgehead atoms. The zero-order valence-corrected chi connectivity index (χ0v) is 18.3. The summed E-state index contributed by atoms with van der Waals surface area (Å²) in [6.45, 7) is 5.32. The molecule has 0 aliphatic carbocycles. The number of aromatic nitrogens is 1. The van der Waals surface area contributed by atoms with Crippen molar-refractivity contribution in [2.24, 2.45) is 0 Å². The van der Waals surface area contributed by atoms with E-state index in [0.29, 0.717) is 31.7 Å². The van der Waals surface area contributed by atoms with E-state index >= 15 is 0 Å². The molecule has 1 aromatic carbocycles. The summed E-state index contributed by atoms with van der Waals surface area (Å²) in [5.74, 6) is 0.00657. The van der Waals surface area contributed by atoms with Crippen molar-refractivity contribution >= 4 is 11.9 Å². The number of aliphatic hydroxyl groups is 1. The van der Waals surface area contributed by atoms with Gasteiger partial charge in [0.1, 0.15) is 6.10 Å². The van der Waals surface area contributed by atoms with Gasteiger partial charge in [-0.25, -0.2) is 14.2 Å². The molecule has 0 spiro atoms. The average Bonchev–Trinajstić information content (AvgIpc) is 2.75. The minimum Gasteiger partial charge on any atom is -0.446 e. The smallest absolute Gasteiger partial charge is 0.410 e. The molecule has 2 aliphatic heterocycles. The SMILES string of the molecule is CC(C)(O)CC1CCN(C2CCCN(c3ncccc3F)C2)C(=O)O1.c1ccccc1. The molecule has 1 aromatic heterocycles. The molecule has 2 aliphatic rings. The highest BCUT2D eigenvalue weighted by Gasteiger charge is 2.36. The number of nitrogens with zero attached hydrogens (tertiary/aromatic N) is 3. The van der Waals surface area contributed by atoms with Crippen molar-refractivity contribution in [3.05, 3.63) is 60.5 Å². The number of rotatable bonds is 4. The zero-order valence-electron chi connectivity index (χ0n) is 18.3. The Kier molecular flexibility index (Phi) is 7.85. The van der Waals surface area contributed by atoms with Crippen LogP contribution in [0.2, 0.25) is 0 Å². The van der Waals surface area contributed by atoms with Crippen LogP contribution >= 0.6 is 0 Å². The van der Waals surface area contributed by atoms with Gasteiger partial charge in [0.25, 0.3) is 0 Å². The van der Waals surface area contributed by atoms with Crippen molar-refractivity contribution in [3.63, 3.8) is 0 Å². The van der Waals surface area contributed by atoms with E-state index in [2.05, 4.69) is 4.98 Å². The van der Waals surface area contributed by atoms with E-state index in [9.17, 15) is 14.3 Å². The molecule has 1 N–H and O–H groups in total. The Morgan fingerprint density at radius 2 is 1.81 bits per heavy atom. The molecule has 2 atom stereocenters. The van der Waals surface area contributed by atoms with E-state index in [4.69, 9.17) is 4.74 Å². The van der Waals surface area contributed by atoms with Gasteiger partial charge in [-0.3, -0.25) is 0 Å². The van der Waals surface area contributed by atoms with Gasteiger partial charge in [0.2, 0.25) is 0 Å². The summed E-state index contributed by atoms with van der Waals surface area (Å²) in [7, 11) is 0. The maximum atomic E-state index is 14.0. The number of hydrogen-bond acceptors (Lipinski definition) is 5. The Bertz CT molecular complexity index is 802. The van der Waals surface area contributed by atoms with E-state index in [1.54, 1.807) is 31.0 Å². The van der Waals surface area contributed by atoms with Crippen LogP contribution in [0.3, 0.4) is 0 Å². The molecule has 3 heterocycles. The first kappa shape index (κ1) is 23.0. The van der Waals surface area contributed by atoms with Gasteiger partial charge in [-0.2, -0.15) is 0 Å². The third-order valence-corrected chi connectivity index (χ3v) is 5.46. The molecule has 1 amide bonds. The highest BCUT2D eigenvalue weighted by molar-refractivity contribution is 5.69. The number of carbonyl (C=O) groups is 1. The molecule has 2 aromatic rings. The maximum absolute atomic E-state index is 14.0. The lowest BCUT2D eigenvalue weighted by Gasteiger charge is -2.42. The first-order valence-electron chi connectivity index (χ1n) is 10.9. The maximum Gasteiger partial charge on any atom is 0.410 e. The van der Waals surface area contributed by atoms with Crippen molar-refractivity contribution < 1.29 is 19.0 Å². The summed E-state index contributed by atoms with van der Waals surface area (Å²) >= 11 is 0. The highest BCUT2D eigenvalue weighted by atomic mass is 19.1. The normalized spacial score (nSPS) is 21.7. The molecule has 4 rings (SSSR count). The van der Waals surface area contributed by atoms with Crippen molar-refractivity contribution in [1.82, 2.24) is 9.88 Å². The van der Waals surface area contributed by atoms with E-state index < -0.39 is 5.60 Å². The second-order valence-electron chi connectivity index (χ2n) is 8.71. The van der Waals surface area contributed by atoms with Crippen LogP contribution in [0.1, 0.15) is 39.5 Å². The Hall–Kier alpha value is -2.67. The number of ether oxygens (including phenoxy) is 1. The first-order valence-corrected chi connectivity index (χ1v) is 10.9. The molecule has 6 nitrogen and oxygen atoms in total. The molecule has 168 valence electrons. The topological polar surface area (TPSA) is 65.9 Å². The summed E-state index contributed by atoms with van der Waals surface area (Å²) < 4.78 is 19.5. The van der Waals surface area contributed by atoms with Gasteiger partial charge in [0.15, 0.2) is 11.6 Å². The summed E-state index contributed by atoms with van der Waals surface area (Å²) in [6.07, 6.45) is 3.87. The fourth-order valence-corrected chi connectivity index (χ4v) is 4.07. The van der Waals surface area contributed by atoms with Gasteiger partial charge in [0, 0.05) is 38.7 Å². The second kappa shape index (κ2) is 10.6. The Morgan fingerprint density at radius 3 is 2.39 bits per heavy atom. The summed E-state index contributed by atoms with van der Waals surface area (Å²) in [5.41, 5.74) is -0.856. The molecule has 2 fully saturated rings. The Balaban J connectivity index is 0.000000391. The first-order chi connectivity index (χ1) is 14.8. The van der Waals surface area contributed by atoms with Crippen LogP contribution in [0.4, 0.5) is 15.0 Å². The van der Waals surface area contributed by atoms with Gasteiger partial charge < -0.3 is 19.6 Å². The lowest BCUT2D eigenvalue weighted by atomic mass is 9.97. The number of benzene rings is 1. The van der Waals surface area contributed by atoms with Crippen LogP contribution in [0.15, 0.2) is 54.7 Å². The van der Waals surface area contributed by atoms with Gasteiger partial charge >= 0.3 is 6.09 Å². The number of amides is 1. The number of pyridine rings is 1. The molecular weight excluding hydrogens is 397 g/mol. The van der Waals surface area contributed by atoms with Crippen LogP contribution < -0.4 is 4.90 Å². The van der Waals surface area contributed by atoms with Crippen molar-refractivity contribution in [2.75, 3.05) is 24.5 Å². The fourth-order valence-electron chi connectivity index (χ4n) is 4.07. The minimum absolute atomic E-state index is 0.00857. The Morgan fingerprint density at radius 1 is 1.13 bits per heavy atom. The number of carbonyl (C=O) groups excluding carboxylic acids is 1. The quantitative estimate of drug-likeness (QED) is 0.787. The van der Waals surface area contributed by atoms with E-state index in [1.165, 1.54) is 6.07 Å². The predicted octanol–water partition coefficient (Wildman–Crippen LogP) is 4.25. The number of cyclic esters (lactones) is 1. The van der Waals surface area contributed by atoms with Crippen LogP contribution in [0.5, 0.6) is 0 Å². The van der Waals surface area contributed by atoms with E-state index in [1.807, 2.05) is 41.3 Å². The molecule has 0 radical (unpaired) electrons. The summed E-state index contributed by atoms with van der Waals surface area (Å²) in [5, 5.41) is 9.90. The monoisotopic (exact) mass is 429 g/mol. The molecule has 2 saturated heterocycles. The third kappa shape index (κ3) is 6.92. The largest absolute Gasteiger partial charge is 0.446 e. The molecule has 0 saturated carbocycles. The number of halogens is 1. The number of anilines is 1. The standard InChI is InChI=1S/C18H26FN3O3.C6H6/c1-18(2,24)11-14-7-10-22(17(23)25-14)13-5-4-9-21(12-13)16-15(19)6-3-8-20-16;1-2-4-6-5-3-1/h3,6,8,13-14,24H,4-5,7,9-12H2,1-2H3;1-6H. The molecule has 2 unspecified atom stereocenters. The van der Waals surface area contributed by atoms with E-state index in [0.717, 1.165) is 19.4 Å². The second-order valence-corrected chi connectivity index (χ2v) is 8.71. The molecular formula is C24H32FN3O3. The predicted molar refractivity (Wildman–Crippen MR) is 118 cm³/mol. The Labute approximate surface area is 183 Å². The van der Waals surface area contributed by atoms with Crippen LogP contribution in [0, 0.1) is 5.82 Å². The number of piperidine rings is 1. The summed E-state index contributed by atoms with van der Waals surface area (Å²) in [6, 6.07) is 15.0. The lowest BCUT2D eigenvalue weighted by molar-refractivity contribution is -0.0327. The highest BCUT2D eigenvalue weighted by Crippen LogP contribution is 2.27. The summed E-state index contributed by atoms with van der Waals surface area (Å²) in [4.78, 5) is 20.2. The van der Waals surface area contributed by atoms with Crippen LogP contribution in [-0.2, 0) is 4.74 Å². The van der Waals surface area contributed by atoms with Crippen molar-refractivity contribution in [1.29, 1.82) is 0 Å². The van der Waals surface area contributed by atoms with Gasteiger partial charge in [-0.05, 0) is 38.8 Å². The van der Waals surface area contributed by atoms with Gasteiger partial charge in [-0.1, -0.05) is 36.4 Å². The van der Waals surface area contributed by atoms with Gasteiger partial charge in [0.05, 0.1) is 11.6 Å². The van der Waals surface area contributed by atoms with E-state index in [-0.39, 0.29) is 24.1 Å². The molecule has 7 heteroatoms. The minimum atomic E-state index is -0.856. The third-order valence-electron chi connectivity index (χ3n) is 5.46. The van der Waals surface area contributed by atoms with Crippen LogP contribution in [0.25, 0.3) is 0 Å². The van der Waals surface area contributed by atoms with Crippen molar-refractivity contribution in [2.45, 2.75) is 57.3 Å². The zero-order chi connectivity index (χ0) is 22.3. The number of hydrogen-bond donors (Lipinski definition) is 1. The average molecular weight is 430 g/mol. The van der Waals surface area contributed by atoms with Gasteiger partial charge in [-0.15, -0.1) is 0 Å². The van der Waals surface area contributed by atoms with Crippen LogP contribution in [-0.4, -0.2) is 58.5 Å². The lowest BCUT2D eigenvalue weighted by Crippen LogP contribution is -2.54.